The van der Waals surface area contributed by atoms with Crippen molar-refractivity contribution in [2.75, 3.05) is 13.2 Å². The van der Waals surface area contributed by atoms with E-state index in [1.165, 1.54) is 4.57 Å². The van der Waals surface area contributed by atoms with Gasteiger partial charge in [-0.05, 0) is 30.0 Å². The van der Waals surface area contributed by atoms with Crippen molar-refractivity contribution in [3.8, 4) is 0 Å². The molecule has 0 radical (unpaired) electrons. The summed E-state index contributed by atoms with van der Waals surface area (Å²) in [5.74, 6) is -0.0511. The van der Waals surface area contributed by atoms with Crippen LogP contribution in [0.2, 0.25) is 0 Å². The number of oxazole rings is 1. The van der Waals surface area contributed by atoms with E-state index in [1.54, 1.807) is 7.05 Å². The highest BCUT2D eigenvalue weighted by atomic mass is 16.4. The Morgan fingerprint density at radius 3 is 2.95 bits per heavy atom. The number of hydrogen-bond donors (Lipinski definition) is 2. The maximum absolute atomic E-state index is 11.4. The summed E-state index contributed by atoms with van der Waals surface area (Å²) in [6.07, 6.45) is 0.954. The van der Waals surface area contributed by atoms with Crippen molar-refractivity contribution in [2.45, 2.75) is 19.9 Å². The van der Waals surface area contributed by atoms with Gasteiger partial charge in [0.25, 0.3) is 0 Å². The van der Waals surface area contributed by atoms with Gasteiger partial charge in [0.2, 0.25) is 0 Å². The predicted molar refractivity (Wildman–Crippen MR) is 74.0 cm³/mol. The molecular weight excluding hydrogens is 244 g/mol. The van der Waals surface area contributed by atoms with Gasteiger partial charge in [0.05, 0.1) is 5.52 Å². The molecule has 0 aliphatic rings. The van der Waals surface area contributed by atoms with Crippen LogP contribution in [0.15, 0.2) is 27.4 Å². The quantitative estimate of drug-likeness (QED) is 0.823. The molecule has 0 amide bonds. The molecule has 1 unspecified atom stereocenters. The lowest BCUT2D eigenvalue weighted by Gasteiger charge is -2.12. The van der Waals surface area contributed by atoms with Crippen molar-refractivity contribution in [1.82, 2.24) is 9.88 Å². The summed E-state index contributed by atoms with van der Waals surface area (Å²) in [6, 6.07) is 5.74. The van der Waals surface area contributed by atoms with Crippen LogP contribution in [0.4, 0.5) is 0 Å². The predicted octanol–water partition coefficient (Wildman–Crippen LogP) is 1.24. The maximum Gasteiger partial charge on any atom is 0.419 e. The van der Waals surface area contributed by atoms with E-state index in [2.05, 4.69) is 12.2 Å². The van der Waals surface area contributed by atoms with E-state index in [9.17, 15) is 4.79 Å². The molecule has 5 nitrogen and oxygen atoms in total. The molecule has 2 N–H and O–H groups in total. The second-order valence-corrected chi connectivity index (χ2v) is 4.82. The fraction of sp³-hybridized carbons (Fsp3) is 0.500. The van der Waals surface area contributed by atoms with Gasteiger partial charge in [-0.15, -0.1) is 0 Å². The summed E-state index contributed by atoms with van der Waals surface area (Å²) in [6.45, 7) is 3.75. The van der Waals surface area contributed by atoms with Crippen molar-refractivity contribution in [1.29, 1.82) is 0 Å². The Labute approximate surface area is 111 Å². The summed E-state index contributed by atoms with van der Waals surface area (Å²) in [5.41, 5.74) is 2.48. The minimum absolute atomic E-state index is 0.204. The lowest BCUT2D eigenvalue weighted by molar-refractivity contribution is 0.218. The SMILES string of the molecule is CCC(CO)CNCc1ccc2c(c1)oc(=O)n2C. The van der Waals surface area contributed by atoms with Crippen LogP contribution < -0.4 is 11.1 Å². The zero-order valence-electron chi connectivity index (χ0n) is 11.3. The first kappa shape index (κ1) is 13.8. The molecule has 19 heavy (non-hydrogen) atoms. The number of aliphatic hydroxyl groups excluding tert-OH is 1. The molecule has 104 valence electrons. The smallest absolute Gasteiger partial charge is 0.408 e. The Kier molecular flexibility index (Phi) is 4.39. The van der Waals surface area contributed by atoms with Crippen LogP contribution in [-0.4, -0.2) is 22.8 Å². The number of aliphatic hydroxyl groups is 1. The highest BCUT2D eigenvalue weighted by molar-refractivity contribution is 5.73. The third kappa shape index (κ3) is 3.05. The maximum atomic E-state index is 11.4. The van der Waals surface area contributed by atoms with Gasteiger partial charge in [0.15, 0.2) is 5.58 Å². The van der Waals surface area contributed by atoms with Crippen molar-refractivity contribution < 1.29 is 9.52 Å². The minimum Gasteiger partial charge on any atom is -0.408 e. The summed E-state index contributed by atoms with van der Waals surface area (Å²) in [7, 11) is 1.69. The average Bonchev–Trinajstić information content (AvgIpc) is 2.70. The van der Waals surface area contributed by atoms with Crippen molar-refractivity contribution in [3.05, 3.63) is 34.3 Å². The van der Waals surface area contributed by atoms with Gasteiger partial charge < -0.3 is 14.8 Å². The second-order valence-electron chi connectivity index (χ2n) is 4.82. The van der Waals surface area contributed by atoms with Gasteiger partial charge in [-0.2, -0.15) is 0 Å². The Morgan fingerprint density at radius 2 is 2.26 bits per heavy atom. The lowest BCUT2D eigenvalue weighted by atomic mass is 10.1. The van der Waals surface area contributed by atoms with E-state index in [1.807, 2.05) is 18.2 Å². The molecule has 0 saturated heterocycles. The number of hydrogen-bond acceptors (Lipinski definition) is 4. The number of fused-ring (bicyclic) bond motifs is 1. The standard InChI is InChI=1S/C14H20N2O3/c1-3-10(9-17)7-15-8-11-4-5-12-13(6-11)19-14(18)16(12)2/h4-6,10,15,17H,3,7-9H2,1-2H3. The molecule has 2 aromatic rings. The highest BCUT2D eigenvalue weighted by Crippen LogP contribution is 2.14. The van der Waals surface area contributed by atoms with Gasteiger partial charge in [-0.3, -0.25) is 4.57 Å². The topological polar surface area (TPSA) is 67.4 Å². The Bertz CT molecular complexity index is 596. The first-order chi connectivity index (χ1) is 9.15. The first-order valence-electron chi connectivity index (χ1n) is 6.55. The Morgan fingerprint density at radius 1 is 1.47 bits per heavy atom. The van der Waals surface area contributed by atoms with Crippen LogP contribution >= 0.6 is 0 Å². The Balaban J connectivity index is 2.04. The largest absolute Gasteiger partial charge is 0.419 e. The zero-order chi connectivity index (χ0) is 13.8. The molecule has 0 aliphatic carbocycles. The van der Waals surface area contributed by atoms with E-state index in [0.29, 0.717) is 18.0 Å². The van der Waals surface area contributed by atoms with Crippen LogP contribution in [0.5, 0.6) is 0 Å². The molecule has 1 heterocycles. The van der Waals surface area contributed by atoms with Gasteiger partial charge in [-0.1, -0.05) is 13.0 Å². The van der Waals surface area contributed by atoms with E-state index < -0.39 is 0 Å². The highest BCUT2D eigenvalue weighted by Gasteiger charge is 2.07. The number of rotatable bonds is 6. The molecule has 2 rings (SSSR count). The monoisotopic (exact) mass is 264 g/mol. The fourth-order valence-electron chi connectivity index (χ4n) is 2.05. The van der Waals surface area contributed by atoms with Crippen molar-refractivity contribution in [2.24, 2.45) is 13.0 Å². The molecular formula is C14H20N2O3. The van der Waals surface area contributed by atoms with Crippen LogP contribution in [0, 0.1) is 5.92 Å². The van der Waals surface area contributed by atoms with Gasteiger partial charge in [0, 0.05) is 26.7 Å². The van der Waals surface area contributed by atoms with Gasteiger partial charge in [-0.25, -0.2) is 4.79 Å². The molecule has 1 aromatic carbocycles. The number of nitrogens with zero attached hydrogens (tertiary/aromatic N) is 1. The first-order valence-corrected chi connectivity index (χ1v) is 6.55. The summed E-state index contributed by atoms with van der Waals surface area (Å²) < 4.78 is 6.64. The number of nitrogens with one attached hydrogen (secondary N) is 1. The molecule has 1 atom stereocenters. The Hall–Kier alpha value is -1.59. The van der Waals surface area contributed by atoms with E-state index >= 15 is 0 Å². The van der Waals surface area contributed by atoms with Gasteiger partial charge >= 0.3 is 5.76 Å². The molecule has 0 aliphatic heterocycles. The molecule has 0 saturated carbocycles. The van der Waals surface area contributed by atoms with Gasteiger partial charge in [0.1, 0.15) is 0 Å². The summed E-state index contributed by atoms with van der Waals surface area (Å²) in [4.78, 5) is 11.4. The molecule has 0 fully saturated rings. The summed E-state index contributed by atoms with van der Waals surface area (Å²) >= 11 is 0. The van der Waals surface area contributed by atoms with E-state index in [4.69, 9.17) is 9.52 Å². The number of benzene rings is 1. The summed E-state index contributed by atoms with van der Waals surface area (Å²) in [5, 5.41) is 12.4. The zero-order valence-corrected chi connectivity index (χ0v) is 11.3. The second kappa shape index (κ2) is 6.04. The lowest BCUT2D eigenvalue weighted by Crippen LogP contribution is -2.24. The molecule has 0 bridgehead atoms. The normalized spacial score (nSPS) is 13.0. The number of aryl methyl sites for hydroxylation is 1. The van der Waals surface area contributed by atoms with Crippen LogP contribution in [-0.2, 0) is 13.6 Å². The molecule has 1 aromatic heterocycles. The fourth-order valence-corrected chi connectivity index (χ4v) is 2.05. The average molecular weight is 264 g/mol. The van der Waals surface area contributed by atoms with Crippen LogP contribution in [0.25, 0.3) is 11.1 Å². The molecule has 5 heteroatoms. The minimum atomic E-state index is -0.341. The molecule has 0 spiro atoms. The van der Waals surface area contributed by atoms with Crippen LogP contribution in [0.3, 0.4) is 0 Å². The van der Waals surface area contributed by atoms with E-state index in [-0.39, 0.29) is 12.4 Å². The van der Waals surface area contributed by atoms with Crippen molar-refractivity contribution >= 4 is 11.1 Å². The van der Waals surface area contributed by atoms with Crippen molar-refractivity contribution in [3.63, 3.8) is 0 Å². The third-order valence-corrected chi connectivity index (χ3v) is 3.45. The van der Waals surface area contributed by atoms with Crippen LogP contribution in [0.1, 0.15) is 18.9 Å². The third-order valence-electron chi connectivity index (χ3n) is 3.45. The number of aromatic nitrogens is 1. The van der Waals surface area contributed by atoms with E-state index in [0.717, 1.165) is 24.0 Å².